The minimum absolute atomic E-state index is 0.194. The minimum atomic E-state index is -0.194. The largest absolute Gasteiger partial charge is 0.495 e. The van der Waals surface area contributed by atoms with Gasteiger partial charge >= 0.3 is 0 Å². The molecular weight excluding hydrogens is 422 g/mol. The first-order valence-electron chi connectivity index (χ1n) is 9.52. The van der Waals surface area contributed by atoms with Crippen LogP contribution < -0.4 is 19.7 Å². The van der Waals surface area contributed by atoms with Gasteiger partial charge in [-0.1, -0.05) is 18.9 Å². The first-order chi connectivity index (χ1) is 13.6. The summed E-state index contributed by atoms with van der Waals surface area (Å²) in [6.45, 7) is 2.54. The molecule has 2 aromatic rings. The summed E-state index contributed by atoms with van der Waals surface area (Å²) >= 11 is 3.41. The second-order valence-corrected chi connectivity index (χ2v) is 7.60. The van der Waals surface area contributed by atoms with Crippen molar-refractivity contribution >= 4 is 27.7 Å². The Balaban J connectivity index is 1.63. The Hall–Kier alpha value is -2.28. The fourth-order valence-electron chi connectivity index (χ4n) is 3.29. The van der Waals surface area contributed by atoms with Crippen molar-refractivity contribution in [3.05, 3.63) is 46.1 Å². The quantitative estimate of drug-likeness (QED) is 0.719. The second-order valence-electron chi connectivity index (χ2n) is 6.80. The van der Waals surface area contributed by atoms with E-state index >= 15 is 0 Å². The Labute approximate surface area is 174 Å². The van der Waals surface area contributed by atoms with Crippen molar-refractivity contribution in [2.45, 2.75) is 32.2 Å². The molecule has 0 radical (unpaired) electrons. The standard InChI is InChI=1S/C21H26BrN3O3/c1-27-17-11-16(12-18(28-2)20(17)22)21(26)24-14-15-7-8-19(23-13-15)25-9-5-3-4-6-10-25/h7-8,11-13H,3-6,9-10,14H2,1-2H3,(H,24,26). The van der Waals surface area contributed by atoms with Gasteiger partial charge in [0.1, 0.15) is 21.8 Å². The zero-order valence-electron chi connectivity index (χ0n) is 16.3. The highest BCUT2D eigenvalue weighted by atomic mass is 79.9. The molecule has 1 saturated heterocycles. The number of methoxy groups -OCH3 is 2. The molecule has 1 aliphatic heterocycles. The topological polar surface area (TPSA) is 63.7 Å². The van der Waals surface area contributed by atoms with Gasteiger partial charge in [-0.3, -0.25) is 4.79 Å². The fourth-order valence-corrected chi connectivity index (χ4v) is 3.85. The first-order valence-corrected chi connectivity index (χ1v) is 10.3. The molecule has 1 aromatic carbocycles. The van der Waals surface area contributed by atoms with Crippen LogP contribution in [0.25, 0.3) is 0 Å². The van der Waals surface area contributed by atoms with E-state index in [1.165, 1.54) is 25.7 Å². The molecule has 0 unspecified atom stereocenters. The van der Waals surface area contributed by atoms with Gasteiger partial charge in [-0.15, -0.1) is 0 Å². The van der Waals surface area contributed by atoms with Gasteiger partial charge in [-0.05, 0) is 52.5 Å². The lowest BCUT2D eigenvalue weighted by atomic mass is 10.1. The molecule has 0 bridgehead atoms. The third-order valence-electron chi connectivity index (χ3n) is 4.90. The number of rotatable bonds is 6. The molecule has 150 valence electrons. The van der Waals surface area contributed by atoms with E-state index in [0.29, 0.717) is 28.1 Å². The van der Waals surface area contributed by atoms with Crippen molar-refractivity contribution in [3.8, 4) is 11.5 Å². The summed E-state index contributed by atoms with van der Waals surface area (Å²) in [5.74, 6) is 1.92. The summed E-state index contributed by atoms with van der Waals surface area (Å²) in [4.78, 5) is 19.5. The lowest BCUT2D eigenvalue weighted by molar-refractivity contribution is 0.0950. The van der Waals surface area contributed by atoms with Crippen LogP contribution in [0.5, 0.6) is 11.5 Å². The van der Waals surface area contributed by atoms with Crippen LogP contribution in [0.3, 0.4) is 0 Å². The lowest BCUT2D eigenvalue weighted by Crippen LogP contribution is -2.25. The van der Waals surface area contributed by atoms with E-state index in [-0.39, 0.29) is 5.91 Å². The molecule has 1 amide bonds. The molecule has 1 fully saturated rings. The van der Waals surface area contributed by atoms with Crippen molar-refractivity contribution in [1.82, 2.24) is 10.3 Å². The molecule has 3 rings (SSSR count). The molecule has 7 heteroatoms. The highest BCUT2D eigenvalue weighted by molar-refractivity contribution is 9.10. The zero-order chi connectivity index (χ0) is 19.9. The number of hydrogen-bond donors (Lipinski definition) is 1. The van der Waals surface area contributed by atoms with Crippen molar-refractivity contribution < 1.29 is 14.3 Å². The molecule has 1 N–H and O–H groups in total. The number of carbonyl (C=O) groups is 1. The maximum Gasteiger partial charge on any atom is 0.251 e. The maximum atomic E-state index is 12.6. The van der Waals surface area contributed by atoms with Crippen molar-refractivity contribution in [2.75, 3.05) is 32.2 Å². The smallest absolute Gasteiger partial charge is 0.251 e. The zero-order valence-corrected chi connectivity index (χ0v) is 17.9. The predicted octanol–water partition coefficient (Wildman–Crippen LogP) is 4.17. The summed E-state index contributed by atoms with van der Waals surface area (Å²) in [6, 6.07) is 7.43. The van der Waals surface area contributed by atoms with Gasteiger partial charge in [-0.2, -0.15) is 0 Å². The summed E-state index contributed by atoms with van der Waals surface area (Å²) in [7, 11) is 3.11. The van der Waals surface area contributed by atoms with Gasteiger partial charge in [0.2, 0.25) is 0 Å². The highest BCUT2D eigenvalue weighted by Crippen LogP contribution is 2.35. The monoisotopic (exact) mass is 447 g/mol. The van der Waals surface area contributed by atoms with E-state index in [1.807, 2.05) is 18.3 Å². The summed E-state index contributed by atoms with van der Waals surface area (Å²) in [6.07, 6.45) is 6.88. The van der Waals surface area contributed by atoms with Crippen molar-refractivity contribution in [2.24, 2.45) is 0 Å². The Bertz CT molecular complexity index is 778. The number of nitrogens with one attached hydrogen (secondary N) is 1. The molecule has 0 atom stereocenters. The number of carbonyl (C=O) groups excluding carboxylic acids is 1. The van der Waals surface area contributed by atoms with E-state index in [9.17, 15) is 4.79 Å². The molecule has 6 nitrogen and oxygen atoms in total. The predicted molar refractivity (Wildman–Crippen MR) is 113 cm³/mol. The van der Waals surface area contributed by atoms with Gasteiger partial charge in [-0.25, -0.2) is 4.98 Å². The van der Waals surface area contributed by atoms with E-state index < -0.39 is 0 Å². The van der Waals surface area contributed by atoms with Gasteiger partial charge in [0.15, 0.2) is 0 Å². The van der Waals surface area contributed by atoms with Gasteiger partial charge in [0, 0.05) is 31.4 Å². The van der Waals surface area contributed by atoms with Crippen molar-refractivity contribution in [1.29, 1.82) is 0 Å². The normalized spacial score (nSPS) is 14.3. The van der Waals surface area contributed by atoms with Crippen LogP contribution in [0.2, 0.25) is 0 Å². The summed E-state index contributed by atoms with van der Waals surface area (Å²) < 4.78 is 11.3. The van der Waals surface area contributed by atoms with Crippen LogP contribution in [0.4, 0.5) is 5.82 Å². The van der Waals surface area contributed by atoms with E-state index in [4.69, 9.17) is 9.47 Å². The number of benzene rings is 1. The SMILES string of the molecule is COc1cc(C(=O)NCc2ccc(N3CCCCCC3)nc2)cc(OC)c1Br. The Morgan fingerprint density at radius 1 is 1.11 bits per heavy atom. The Morgan fingerprint density at radius 3 is 2.29 bits per heavy atom. The average Bonchev–Trinajstić information content (AvgIpc) is 3.02. The summed E-state index contributed by atoms with van der Waals surface area (Å²) in [5.41, 5.74) is 1.44. The number of nitrogens with zero attached hydrogens (tertiary/aromatic N) is 2. The number of aromatic nitrogens is 1. The maximum absolute atomic E-state index is 12.6. The molecule has 0 saturated carbocycles. The molecule has 2 heterocycles. The second kappa shape index (κ2) is 9.78. The van der Waals surface area contributed by atoms with Crippen LogP contribution in [0.15, 0.2) is 34.9 Å². The van der Waals surface area contributed by atoms with E-state index in [2.05, 4.69) is 31.1 Å². The number of halogens is 1. The molecule has 0 spiro atoms. The molecule has 1 aromatic heterocycles. The third kappa shape index (κ3) is 4.95. The van der Waals surface area contributed by atoms with Crippen LogP contribution in [0, 0.1) is 0 Å². The van der Waals surface area contributed by atoms with Crippen LogP contribution in [-0.4, -0.2) is 38.2 Å². The first kappa shape index (κ1) is 20.5. The third-order valence-corrected chi connectivity index (χ3v) is 5.68. The van der Waals surface area contributed by atoms with Crippen molar-refractivity contribution in [3.63, 3.8) is 0 Å². The van der Waals surface area contributed by atoms with Gasteiger partial charge in [0.25, 0.3) is 5.91 Å². The van der Waals surface area contributed by atoms with E-state index in [0.717, 1.165) is 24.5 Å². The summed E-state index contributed by atoms with van der Waals surface area (Å²) in [5, 5.41) is 2.93. The van der Waals surface area contributed by atoms with E-state index in [1.54, 1.807) is 26.4 Å². The molecule has 0 aliphatic carbocycles. The highest BCUT2D eigenvalue weighted by Gasteiger charge is 2.15. The lowest BCUT2D eigenvalue weighted by Gasteiger charge is -2.21. The van der Waals surface area contributed by atoms with Crippen LogP contribution in [-0.2, 0) is 6.54 Å². The van der Waals surface area contributed by atoms with Gasteiger partial charge in [0.05, 0.1) is 14.2 Å². The average molecular weight is 448 g/mol. The number of amides is 1. The Morgan fingerprint density at radius 2 is 1.75 bits per heavy atom. The molecular formula is C21H26BrN3O3. The number of pyridine rings is 1. The number of ether oxygens (including phenoxy) is 2. The fraction of sp³-hybridized carbons (Fsp3) is 0.429. The minimum Gasteiger partial charge on any atom is -0.495 e. The van der Waals surface area contributed by atoms with Gasteiger partial charge < -0.3 is 19.7 Å². The molecule has 1 aliphatic rings. The van der Waals surface area contributed by atoms with Crippen LogP contribution >= 0.6 is 15.9 Å². The Kier molecular flexibility index (Phi) is 7.14. The number of anilines is 1. The van der Waals surface area contributed by atoms with Crippen LogP contribution in [0.1, 0.15) is 41.6 Å². The number of hydrogen-bond acceptors (Lipinski definition) is 5. The molecule has 28 heavy (non-hydrogen) atoms.